The Kier molecular flexibility index (Phi) is 4.83. The van der Waals surface area contributed by atoms with Gasteiger partial charge in [-0.3, -0.25) is 0 Å². The van der Waals surface area contributed by atoms with Crippen molar-refractivity contribution < 1.29 is 0 Å². The number of rotatable bonds is 6. The second-order valence-corrected chi connectivity index (χ2v) is 6.55. The van der Waals surface area contributed by atoms with E-state index in [4.69, 9.17) is 5.26 Å². The van der Waals surface area contributed by atoms with Crippen LogP contribution in [-0.2, 0) is 18.7 Å². The Labute approximate surface area is 136 Å². The lowest BCUT2D eigenvalue weighted by Crippen LogP contribution is -2.04. The van der Waals surface area contributed by atoms with Crippen LogP contribution in [0.4, 0.5) is 0 Å². The Hall–Kier alpha value is -2.17. The van der Waals surface area contributed by atoms with Gasteiger partial charge in [0.15, 0.2) is 0 Å². The van der Waals surface area contributed by atoms with Crippen molar-refractivity contribution in [3.63, 3.8) is 0 Å². The van der Waals surface area contributed by atoms with E-state index in [0.29, 0.717) is 11.3 Å². The molecule has 0 aliphatic carbocycles. The van der Waals surface area contributed by atoms with E-state index in [9.17, 15) is 0 Å². The molecule has 0 aliphatic heterocycles. The molecule has 3 aromatic rings. The van der Waals surface area contributed by atoms with Crippen molar-refractivity contribution in [3.05, 3.63) is 57.8 Å². The van der Waals surface area contributed by atoms with Gasteiger partial charge in [0.1, 0.15) is 0 Å². The first kappa shape index (κ1) is 14.8. The van der Waals surface area contributed by atoms with Gasteiger partial charge in [0.25, 0.3) is 0 Å². The molecule has 0 aliphatic rings. The van der Waals surface area contributed by atoms with Crippen molar-refractivity contribution >= 4 is 23.1 Å². The SMILES string of the molecule is N#Cc1ccccc1CSc1nnnn1CCc1cccs1. The van der Waals surface area contributed by atoms with E-state index in [2.05, 4.69) is 33.0 Å². The molecule has 0 unspecified atom stereocenters. The first-order chi connectivity index (χ1) is 10.9. The number of thioether (sulfide) groups is 1. The number of aromatic nitrogens is 4. The maximum Gasteiger partial charge on any atom is 0.209 e. The number of nitrogens with zero attached hydrogens (tertiary/aromatic N) is 5. The molecular formula is C15H13N5S2. The highest BCUT2D eigenvalue weighted by atomic mass is 32.2. The number of hydrogen-bond acceptors (Lipinski definition) is 6. The number of hydrogen-bond donors (Lipinski definition) is 0. The summed E-state index contributed by atoms with van der Waals surface area (Å²) in [6, 6.07) is 14.0. The van der Waals surface area contributed by atoms with Gasteiger partial charge in [0, 0.05) is 17.1 Å². The first-order valence-corrected chi connectivity index (χ1v) is 8.62. The molecule has 0 N–H and O–H groups in total. The van der Waals surface area contributed by atoms with Gasteiger partial charge in [-0.05, 0) is 33.5 Å². The van der Waals surface area contributed by atoms with Crippen molar-refractivity contribution in [2.75, 3.05) is 0 Å². The van der Waals surface area contributed by atoms with Crippen molar-refractivity contribution in [2.45, 2.75) is 23.9 Å². The molecule has 110 valence electrons. The van der Waals surface area contributed by atoms with Crippen molar-refractivity contribution in [3.8, 4) is 6.07 Å². The lowest BCUT2D eigenvalue weighted by molar-refractivity contribution is 0.550. The minimum Gasteiger partial charge on any atom is -0.220 e. The quantitative estimate of drug-likeness (QED) is 0.651. The fraction of sp³-hybridized carbons (Fsp3) is 0.200. The monoisotopic (exact) mass is 327 g/mol. The molecule has 22 heavy (non-hydrogen) atoms. The molecule has 1 aromatic carbocycles. The van der Waals surface area contributed by atoms with E-state index in [-0.39, 0.29) is 0 Å². The van der Waals surface area contributed by atoms with E-state index < -0.39 is 0 Å². The summed E-state index contributed by atoms with van der Waals surface area (Å²) in [4.78, 5) is 1.32. The lowest BCUT2D eigenvalue weighted by atomic mass is 10.1. The fourth-order valence-corrected chi connectivity index (χ4v) is 3.61. The van der Waals surface area contributed by atoms with Gasteiger partial charge in [0.05, 0.1) is 18.2 Å². The van der Waals surface area contributed by atoms with E-state index in [0.717, 1.165) is 23.7 Å². The summed E-state index contributed by atoms with van der Waals surface area (Å²) in [6.07, 6.45) is 0.922. The Bertz CT molecular complexity index is 773. The van der Waals surface area contributed by atoms with Crippen LogP contribution in [0, 0.1) is 11.3 Å². The lowest BCUT2D eigenvalue weighted by Gasteiger charge is -2.04. The first-order valence-electron chi connectivity index (χ1n) is 6.76. The van der Waals surface area contributed by atoms with Gasteiger partial charge in [-0.15, -0.1) is 16.4 Å². The molecule has 2 heterocycles. The fourth-order valence-electron chi connectivity index (χ4n) is 2.01. The molecule has 0 atom stereocenters. The Morgan fingerprint density at radius 3 is 2.95 bits per heavy atom. The predicted molar refractivity (Wildman–Crippen MR) is 86.6 cm³/mol. The Balaban J connectivity index is 1.64. The van der Waals surface area contributed by atoms with E-state index >= 15 is 0 Å². The summed E-state index contributed by atoms with van der Waals surface area (Å²) in [7, 11) is 0. The molecule has 0 saturated heterocycles. The van der Waals surface area contributed by atoms with E-state index in [1.807, 2.05) is 35.0 Å². The van der Waals surface area contributed by atoms with Crippen LogP contribution in [0.3, 0.4) is 0 Å². The molecular weight excluding hydrogens is 314 g/mol. The number of tetrazole rings is 1. The number of nitriles is 1. The number of aryl methyl sites for hydroxylation is 2. The minimum atomic E-state index is 0.684. The van der Waals surface area contributed by atoms with Gasteiger partial charge in [-0.2, -0.15) is 5.26 Å². The maximum atomic E-state index is 9.12. The second kappa shape index (κ2) is 7.20. The van der Waals surface area contributed by atoms with Crippen LogP contribution in [0.1, 0.15) is 16.0 Å². The summed E-state index contributed by atoms with van der Waals surface area (Å²) >= 11 is 3.29. The third-order valence-electron chi connectivity index (χ3n) is 3.14. The van der Waals surface area contributed by atoms with Gasteiger partial charge in [-0.25, -0.2) is 4.68 Å². The normalized spacial score (nSPS) is 10.5. The van der Waals surface area contributed by atoms with E-state index in [1.54, 1.807) is 23.1 Å². The van der Waals surface area contributed by atoms with Crippen LogP contribution < -0.4 is 0 Å². The van der Waals surface area contributed by atoms with Crippen LogP contribution in [0.15, 0.2) is 46.9 Å². The van der Waals surface area contributed by atoms with Gasteiger partial charge in [0.2, 0.25) is 5.16 Å². The van der Waals surface area contributed by atoms with Crippen LogP contribution in [0.25, 0.3) is 0 Å². The van der Waals surface area contributed by atoms with Crippen molar-refractivity contribution in [1.29, 1.82) is 5.26 Å². The van der Waals surface area contributed by atoms with Crippen molar-refractivity contribution in [1.82, 2.24) is 20.2 Å². The average Bonchev–Trinajstić information content (AvgIpc) is 3.22. The van der Waals surface area contributed by atoms with Crippen LogP contribution in [0.2, 0.25) is 0 Å². The number of thiophene rings is 1. The summed E-state index contributed by atoms with van der Waals surface area (Å²) in [5, 5.41) is 23.8. The molecule has 7 heteroatoms. The average molecular weight is 327 g/mol. The van der Waals surface area contributed by atoms with Crippen LogP contribution >= 0.6 is 23.1 Å². The standard InChI is InChI=1S/C15H13N5S2/c16-10-12-4-1-2-5-13(12)11-22-15-17-18-19-20(15)8-7-14-6-3-9-21-14/h1-6,9H,7-8,11H2. The highest BCUT2D eigenvalue weighted by molar-refractivity contribution is 7.98. The third-order valence-corrected chi connectivity index (χ3v) is 5.09. The molecule has 0 bridgehead atoms. The summed E-state index contributed by atoms with van der Waals surface area (Å²) in [5.41, 5.74) is 1.70. The Morgan fingerprint density at radius 2 is 2.14 bits per heavy atom. The third kappa shape index (κ3) is 3.53. The minimum absolute atomic E-state index is 0.684. The Morgan fingerprint density at radius 1 is 1.23 bits per heavy atom. The zero-order valence-electron chi connectivity index (χ0n) is 11.7. The highest BCUT2D eigenvalue weighted by Crippen LogP contribution is 2.22. The molecule has 0 radical (unpaired) electrons. The van der Waals surface area contributed by atoms with Crippen LogP contribution in [0.5, 0.6) is 0 Å². The van der Waals surface area contributed by atoms with Gasteiger partial charge in [-0.1, -0.05) is 36.0 Å². The summed E-state index contributed by atoms with van der Waals surface area (Å²) in [5.74, 6) is 0.684. The molecule has 0 fully saturated rings. The molecule has 0 spiro atoms. The van der Waals surface area contributed by atoms with Gasteiger partial charge < -0.3 is 0 Å². The predicted octanol–water partition coefficient (Wildman–Crippen LogP) is 3.14. The highest BCUT2D eigenvalue weighted by Gasteiger charge is 2.09. The zero-order valence-corrected chi connectivity index (χ0v) is 13.3. The summed E-state index contributed by atoms with van der Waals surface area (Å²) < 4.78 is 1.82. The van der Waals surface area contributed by atoms with Crippen LogP contribution in [-0.4, -0.2) is 20.2 Å². The molecule has 0 saturated carbocycles. The molecule has 0 amide bonds. The molecule has 5 nitrogen and oxygen atoms in total. The topological polar surface area (TPSA) is 67.4 Å². The van der Waals surface area contributed by atoms with Crippen molar-refractivity contribution in [2.24, 2.45) is 0 Å². The largest absolute Gasteiger partial charge is 0.220 e. The van der Waals surface area contributed by atoms with E-state index in [1.165, 1.54) is 4.88 Å². The van der Waals surface area contributed by atoms with Gasteiger partial charge >= 0.3 is 0 Å². The number of benzene rings is 1. The second-order valence-electron chi connectivity index (χ2n) is 4.57. The molecule has 3 rings (SSSR count). The maximum absolute atomic E-state index is 9.12. The molecule has 2 aromatic heterocycles. The smallest absolute Gasteiger partial charge is 0.209 e. The summed E-state index contributed by atoms with van der Waals surface area (Å²) in [6.45, 7) is 0.760. The zero-order chi connectivity index (χ0) is 15.2.